The summed E-state index contributed by atoms with van der Waals surface area (Å²) in [5.41, 5.74) is 5.70. The molecule has 0 aromatic carbocycles. The van der Waals surface area contributed by atoms with Crippen LogP contribution in [0, 0.1) is 6.92 Å². The van der Waals surface area contributed by atoms with E-state index in [1.165, 1.54) is 13.8 Å². The van der Waals surface area contributed by atoms with Gasteiger partial charge in [0.1, 0.15) is 5.56 Å². The van der Waals surface area contributed by atoms with Crippen LogP contribution in [-0.4, -0.2) is 47.2 Å². The van der Waals surface area contributed by atoms with Gasteiger partial charge in [-0.15, -0.1) is 0 Å². The van der Waals surface area contributed by atoms with Gasteiger partial charge in [-0.2, -0.15) is 0 Å². The third kappa shape index (κ3) is 2.42. The Morgan fingerprint density at radius 1 is 1.55 bits per heavy atom. The van der Waals surface area contributed by atoms with E-state index >= 15 is 0 Å². The van der Waals surface area contributed by atoms with Crippen LogP contribution in [0.5, 0.6) is 0 Å². The van der Waals surface area contributed by atoms with Crippen LogP contribution in [0.25, 0.3) is 0 Å². The van der Waals surface area contributed by atoms with Crippen molar-refractivity contribution in [1.29, 1.82) is 0 Å². The number of hydrogen-bond acceptors (Lipinski definition) is 7. The molecule has 0 bridgehead atoms. The Bertz CT molecular complexity index is 548. The minimum atomic E-state index is -1.11. The molecule has 1 aliphatic rings. The maximum Gasteiger partial charge on any atom is 0.346 e. The van der Waals surface area contributed by atoms with Crippen molar-refractivity contribution in [1.82, 2.24) is 15.4 Å². The summed E-state index contributed by atoms with van der Waals surface area (Å²) < 4.78 is 9.63. The fourth-order valence-electron chi connectivity index (χ4n) is 1.81. The fraction of sp³-hybridized carbons (Fsp3) is 0.455. The number of carbonyl (C=O) groups excluding carboxylic acids is 3. The summed E-state index contributed by atoms with van der Waals surface area (Å²) >= 11 is 0. The number of urea groups is 1. The Labute approximate surface area is 114 Å². The highest BCUT2D eigenvalue weighted by Gasteiger charge is 2.32. The van der Waals surface area contributed by atoms with Crippen molar-refractivity contribution in [3.8, 4) is 0 Å². The van der Waals surface area contributed by atoms with Crippen LogP contribution in [-0.2, 0) is 9.53 Å². The van der Waals surface area contributed by atoms with Crippen molar-refractivity contribution >= 4 is 23.8 Å². The molecular weight excluding hydrogens is 268 g/mol. The van der Waals surface area contributed by atoms with E-state index in [9.17, 15) is 14.4 Å². The van der Waals surface area contributed by atoms with Crippen molar-refractivity contribution in [2.24, 2.45) is 0 Å². The van der Waals surface area contributed by atoms with Gasteiger partial charge in [-0.3, -0.25) is 9.69 Å². The second-order valence-corrected chi connectivity index (χ2v) is 4.28. The third-order valence-electron chi connectivity index (χ3n) is 2.85. The first kappa shape index (κ1) is 13.8. The number of aryl methyl sites for hydroxylation is 1. The number of anilines is 1. The largest absolute Gasteiger partial charge is 0.449 e. The van der Waals surface area contributed by atoms with Gasteiger partial charge in [0.15, 0.2) is 6.10 Å². The number of aromatic nitrogens is 1. The molecule has 9 heteroatoms. The molecule has 9 nitrogen and oxygen atoms in total. The van der Waals surface area contributed by atoms with E-state index < -0.39 is 24.0 Å². The fourth-order valence-corrected chi connectivity index (χ4v) is 1.81. The second kappa shape index (κ2) is 5.19. The van der Waals surface area contributed by atoms with Crippen molar-refractivity contribution < 1.29 is 23.6 Å². The van der Waals surface area contributed by atoms with E-state index in [1.54, 1.807) is 0 Å². The lowest BCUT2D eigenvalue weighted by Gasteiger charge is -2.17. The van der Waals surface area contributed by atoms with Gasteiger partial charge in [0.25, 0.3) is 5.91 Å². The number of nitrogens with two attached hydrogens (primary N) is 1. The lowest BCUT2D eigenvalue weighted by atomic mass is 10.2. The lowest BCUT2D eigenvalue weighted by Crippen LogP contribution is -2.41. The van der Waals surface area contributed by atoms with E-state index in [0.29, 0.717) is 6.54 Å². The average Bonchev–Trinajstić information content (AvgIpc) is 2.94. The van der Waals surface area contributed by atoms with Crippen LogP contribution in [0.15, 0.2) is 4.52 Å². The summed E-state index contributed by atoms with van der Waals surface area (Å²) in [6.45, 7) is 3.53. The minimum Gasteiger partial charge on any atom is -0.449 e. The summed E-state index contributed by atoms with van der Waals surface area (Å²) in [5.74, 6) is -1.59. The zero-order valence-electron chi connectivity index (χ0n) is 11.0. The van der Waals surface area contributed by atoms with Crippen LogP contribution in [0.1, 0.15) is 23.0 Å². The average molecular weight is 282 g/mol. The summed E-state index contributed by atoms with van der Waals surface area (Å²) in [4.78, 5) is 36.2. The molecule has 1 aliphatic heterocycles. The number of nitrogen functional groups attached to an aromatic ring is 1. The Balaban J connectivity index is 2.04. The molecule has 0 spiro atoms. The summed E-state index contributed by atoms with van der Waals surface area (Å²) in [6, 6.07) is -0.501. The number of hydrogen-bond donors (Lipinski definition) is 2. The maximum absolute atomic E-state index is 11.9. The van der Waals surface area contributed by atoms with Gasteiger partial charge in [0, 0.05) is 13.1 Å². The molecule has 3 amide bonds. The predicted octanol–water partition coefficient (Wildman–Crippen LogP) is -0.338. The van der Waals surface area contributed by atoms with Gasteiger partial charge < -0.3 is 20.3 Å². The molecule has 0 saturated carbocycles. The van der Waals surface area contributed by atoms with Crippen molar-refractivity contribution in [3.05, 3.63) is 11.3 Å². The van der Waals surface area contributed by atoms with E-state index in [4.69, 9.17) is 10.5 Å². The standard InChI is InChI=1S/C11H14N4O5/c1-5-7(8(12)20-14-5)10(17)19-6(2)9(16)15-4-3-13-11(15)18/h6H,3-4,12H2,1-2H3,(H,13,18). The molecule has 20 heavy (non-hydrogen) atoms. The Kier molecular flexibility index (Phi) is 3.59. The highest BCUT2D eigenvalue weighted by molar-refractivity contribution is 6.00. The smallest absolute Gasteiger partial charge is 0.346 e. The third-order valence-corrected chi connectivity index (χ3v) is 2.85. The molecule has 1 unspecified atom stereocenters. The zero-order chi connectivity index (χ0) is 14.9. The quantitative estimate of drug-likeness (QED) is 0.726. The first-order chi connectivity index (χ1) is 9.41. The first-order valence-electron chi connectivity index (χ1n) is 5.93. The number of imide groups is 1. The molecule has 0 radical (unpaired) electrons. The number of carbonyl (C=O) groups is 3. The number of nitrogens with one attached hydrogen (secondary N) is 1. The molecule has 1 aromatic rings. The lowest BCUT2D eigenvalue weighted by molar-refractivity contribution is -0.136. The Morgan fingerprint density at radius 2 is 2.25 bits per heavy atom. The SMILES string of the molecule is Cc1noc(N)c1C(=O)OC(C)C(=O)N1CCNC1=O. The van der Waals surface area contributed by atoms with Crippen molar-refractivity contribution in [2.75, 3.05) is 18.8 Å². The van der Waals surface area contributed by atoms with Crippen LogP contribution in [0.4, 0.5) is 10.7 Å². The molecule has 108 valence electrons. The van der Waals surface area contributed by atoms with Gasteiger partial charge in [-0.1, -0.05) is 5.16 Å². The van der Waals surface area contributed by atoms with Gasteiger partial charge in [-0.05, 0) is 13.8 Å². The van der Waals surface area contributed by atoms with Crippen molar-refractivity contribution in [2.45, 2.75) is 20.0 Å². The monoisotopic (exact) mass is 282 g/mol. The predicted molar refractivity (Wildman–Crippen MR) is 65.6 cm³/mol. The summed E-state index contributed by atoms with van der Waals surface area (Å²) in [6.07, 6.45) is -1.11. The molecule has 1 atom stereocenters. The van der Waals surface area contributed by atoms with Crippen molar-refractivity contribution in [3.63, 3.8) is 0 Å². The molecular formula is C11H14N4O5. The molecule has 2 rings (SSSR count). The van der Waals surface area contributed by atoms with Crippen LogP contribution < -0.4 is 11.1 Å². The summed E-state index contributed by atoms with van der Waals surface area (Å²) in [5, 5.41) is 6.00. The zero-order valence-corrected chi connectivity index (χ0v) is 11.0. The van der Waals surface area contributed by atoms with E-state index in [2.05, 4.69) is 15.0 Å². The Hall–Kier alpha value is -2.58. The number of nitrogens with zero attached hydrogens (tertiary/aromatic N) is 2. The minimum absolute atomic E-state index is 0.0180. The molecule has 1 aromatic heterocycles. The Morgan fingerprint density at radius 3 is 2.75 bits per heavy atom. The molecule has 1 fully saturated rings. The highest BCUT2D eigenvalue weighted by atomic mass is 16.6. The molecule has 3 N–H and O–H groups in total. The van der Waals surface area contributed by atoms with Gasteiger partial charge in [-0.25, -0.2) is 9.59 Å². The maximum atomic E-state index is 11.9. The van der Waals surface area contributed by atoms with Gasteiger partial charge >= 0.3 is 12.0 Å². The highest BCUT2D eigenvalue weighted by Crippen LogP contribution is 2.17. The molecule has 2 heterocycles. The number of esters is 1. The van der Waals surface area contributed by atoms with Crippen LogP contribution in [0.2, 0.25) is 0 Å². The van der Waals surface area contributed by atoms with Gasteiger partial charge in [0.2, 0.25) is 5.88 Å². The number of rotatable bonds is 3. The number of amides is 3. The van der Waals surface area contributed by atoms with Crippen LogP contribution in [0.3, 0.4) is 0 Å². The number of ether oxygens (including phenoxy) is 1. The topological polar surface area (TPSA) is 128 Å². The van der Waals surface area contributed by atoms with E-state index in [1.807, 2.05) is 0 Å². The van der Waals surface area contributed by atoms with Gasteiger partial charge in [0.05, 0.1) is 5.69 Å². The van der Waals surface area contributed by atoms with E-state index in [0.717, 1.165) is 4.90 Å². The molecule has 0 aliphatic carbocycles. The van der Waals surface area contributed by atoms with Crippen LogP contribution >= 0.6 is 0 Å². The normalized spacial score (nSPS) is 15.9. The summed E-state index contributed by atoms with van der Waals surface area (Å²) in [7, 11) is 0. The molecule has 1 saturated heterocycles. The second-order valence-electron chi connectivity index (χ2n) is 4.28. The van der Waals surface area contributed by atoms with E-state index in [-0.39, 0.29) is 23.7 Å². The first-order valence-corrected chi connectivity index (χ1v) is 5.93.